The second-order valence-corrected chi connectivity index (χ2v) is 8.73. The third-order valence-electron chi connectivity index (χ3n) is 6.11. The van der Waals surface area contributed by atoms with Crippen molar-refractivity contribution in [2.24, 2.45) is 5.41 Å². The molecule has 5 rings (SSSR count). The summed E-state index contributed by atoms with van der Waals surface area (Å²) in [7, 11) is 0. The summed E-state index contributed by atoms with van der Waals surface area (Å²) >= 11 is 1.17. The van der Waals surface area contributed by atoms with E-state index >= 15 is 0 Å². The lowest BCUT2D eigenvalue weighted by Crippen LogP contribution is -2.42. The number of aromatic nitrogens is 3. The second kappa shape index (κ2) is 6.81. The van der Waals surface area contributed by atoms with Crippen LogP contribution in [-0.4, -0.2) is 43.7 Å². The van der Waals surface area contributed by atoms with E-state index in [-0.39, 0.29) is 23.3 Å². The molecule has 1 aliphatic heterocycles. The number of benzene rings is 1. The first-order valence-corrected chi connectivity index (χ1v) is 10.5. The molecule has 2 aromatic heterocycles. The topological polar surface area (TPSA) is 80.1 Å². The summed E-state index contributed by atoms with van der Waals surface area (Å²) < 4.78 is 6.15. The van der Waals surface area contributed by atoms with Crippen molar-refractivity contribution < 1.29 is 9.59 Å². The van der Waals surface area contributed by atoms with Crippen molar-refractivity contribution in [1.29, 1.82) is 0 Å². The smallest absolute Gasteiger partial charge is 0.269 e. The molecule has 29 heavy (non-hydrogen) atoms. The fourth-order valence-corrected chi connectivity index (χ4v) is 5.20. The van der Waals surface area contributed by atoms with Crippen LogP contribution in [0.4, 0.5) is 5.95 Å². The highest BCUT2D eigenvalue weighted by Crippen LogP contribution is 2.55. The molecule has 1 saturated carbocycles. The van der Waals surface area contributed by atoms with Gasteiger partial charge in [0, 0.05) is 25.3 Å². The first-order valence-electron chi connectivity index (χ1n) is 9.69. The van der Waals surface area contributed by atoms with Crippen LogP contribution in [0.25, 0.3) is 11.0 Å². The van der Waals surface area contributed by atoms with Crippen LogP contribution in [0.2, 0.25) is 0 Å². The number of nitrogens with zero attached hydrogens (tertiary/aromatic N) is 4. The number of hydrogen-bond donors (Lipinski definition) is 1. The Kier molecular flexibility index (Phi) is 4.24. The fraction of sp³-hybridized carbons (Fsp3) is 0.333. The highest BCUT2D eigenvalue weighted by atomic mass is 32.1. The van der Waals surface area contributed by atoms with E-state index < -0.39 is 0 Å². The molecule has 1 aromatic carbocycles. The minimum Gasteiger partial charge on any atom is -0.339 e. The summed E-state index contributed by atoms with van der Waals surface area (Å²) in [5.74, 6) is 0.388. The van der Waals surface area contributed by atoms with Crippen molar-refractivity contribution in [3.63, 3.8) is 0 Å². The fourth-order valence-electron chi connectivity index (χ4n) is 4.71. The van der Waals surface area contributed by atoms with Gasteiger partial charge in [-0.2, -0.15) is 0 Å². The third kappa shape index (κ3) is 3.04. The van der Waals surface area contributed by atoms with Crippen molar-refractivity contribution in [1.82, 2.24) is 18.8 Å². The zero-order valence-corrected chi connectivity index (χ0v) is 16.7. The van der Waals surface area contributed by atoms with Gasteiger partial charge < -0.3 is 9.47 Å². The largest absolute Gasteiger partial charge is 0.339 e. The van der Waals surface area contributed by atoms with E-state index in [0.29, 0.717) is 10.8 Å². The molecule has 0 bridgehead atoms. The van der Waals surface area contributed by atoms with E-state index in [4.69, 9.17) is 0 Å². The first-order chi connectivity index (χ1) is 14.1. The molecular formula is C21H21N5O2S. The minimum absolute atomic E-state index is 0.0101. The Hall–Kier alpha value is -3.00. The molecule has 1 aliphatic carbocycles. The molecule has 1 spiro atoms. The maximum Gasteiger partial charge on any atom is 0.269 e. The average Bonchev–Trinajstić information content (AvgIpc) is 3.43. The molecule has 0 radical (unpaired) electrons. The summed E-state index contributed by atoms with van der Waals surface area (Å²) in [6.45, 7) is 5.17. The number of rotatable bonds is 4. The molecule has 7 nitrogen and oxygen atoms in total. The molecule has 2 amide bonds. The van der Waals surface area contributed by atoms with Crippen LogP contribution in [0.15, 0.2) is 49.2 Å². The SMILES string of the molecule is C=CC(=O)N1CCC2(CC(n3c(NC(=O)c4ccns4)nc4ccccc43)C2)C1. The Morgan fingerprint density at radius 2 is 2.10 bits per heavy atom. The van der Waals surface area contributed by atoms with Gasteiger partial charge in [-0.05, 0) is 60.5 Å². The maximum absolute atomic E-state index is 12.6. The lowest BCUT2D eigenvalue weighted by molar-refractivity contribution is -0.125. The number of carbonyl (C=O) groups is 2. The maximum atomic E-state index is 12.6. The summed E-state index contributed by atoms with van der Waals surface area (Å²) in [5, 5.41) is 2.97. The van der Waals surface area contributed by atoms with E-state index in [1.54, 1.807) is 12.3 Å². The Balaban J connectivity index is 1.41. The number of fused-ring (bicyclic) bond motifs is 1. The monoisotopic (exact) mass is 407 g/mol. The number of nitrogens with one attached hydrogen (secondary N) is 1. The van der Waals surface area contributed by atoms with Crippen molar-refractivity contribution in [2.45, 2.75) is 25.3 Å². The molecule has 2 fully saturated rings. The van der Waals surface area contributed by atoms with Crippen molar-refractivity contribution >= 4 is 40.3 Å². The summed E-state index contributed by atoms with van der Waals surface area (Å²) in [5.41, 5.74) is 2.04. The number of amides is 2. The molecule has 1 N–H and O–H groups in total. The van der Waals surface area contributed by atoms with Crippen molar-refractivity contribution in [3.8, 4) is 0 Å². The van der Waals surface area contributed by atoms with Gasteiger partial charge in [-0.3, -0.25) is 14.9 Å². The van der Waals surface area contributed by atoms with Gasteiger partial charge in [0.25, 0.3) is 5.91 Å². The van der Waals surface area contributed by atoms with Crippen LogP contribution in [0.5, 0.6) is 0 Å². The van der Waals surface area contributed by atoms with Gasteiger partial charge >= 0.3 is 0 Å². The molecule has 1 saturated heterocycles. The van der Waals surface area contributed by atoms with Gasteiger partial charge in [-0.15, -0.1) is 0 Å². The van der Waals surface area contributed by atoms with Crippen LogP contribution in [0.3, 0.4) is 0 Å². The van der Waals surface area contributed by atoms with E-state index in [1.165, 1.54) is 17.6 Å². The normalized spacial score (nSPS) is 23.3. The predicted octanol–water partition coefficient (Wildman–Crippen LogP) is 3.48. The molecule has 3 aromatic rings. The Morgan fingerprint density at radius 3 is 2.86 bits per heavy atom. The Labute approximate surface area is 172 Å². The van der Waals surface area contributed by atoms with Gasteiger partial charge in [0.2, 0.25) is 11.9 Å². The molecule has 0 atom stereocenters. The highest BCUT2D eigenvalue weighted by molar-refractivity contribution is 7.08. The summed E-state index contributed by atoms with van der Waals surface area (Å²) in [6.07, 6.45) is 5.97. The van der Waals surface area contributed by atoms with Gasteiger partial charge in [-0.25, -0.2) is 9.36 Å². The van der Waals surface area contributed by atoms with E-state index in [1.807, 2.05) is 29.2 Å². The average molecular weight is 407 g/mol. The number of para-hydroxylation sites is 2. The van der Waals surface area contributed by atoms with Gasteiger partial charge in [0.1, 0.15) is 4.88 Å². The first kappa shape index (κ1) is 18.1. The van der Waals surface area contributed by atoms with Crippen LogP contribution in [0.1, 0.15) is 35.0 Å². The van der Waals surface area contributed by atoms with Crippen LogP contribution < -0.4 is 5.32 Å². The quantitative estimate of drug-likeness (QED) is 0.672. The third-order valence-corrected chi connectivity index (χ3v) is 6.86. The number of anilines is 1. The summed E-state index contributed by atoms with van der Waals surface area (Å²) in [4.78, 5) is 31.7. The standard InChI is InChI=1S/C21H21N5O2S/c1-2-18(27)25-10-8-21(13-25)11-14(12-21)26-16-6-4-3-5-15(16)23-20(26)24-19(28)17-7-9-22-29-17/h2-7,9,14H,1,8,10-13H2,(H,23,24,28). The van der Waals surface area contributed by atoms with Crippen molar-refractivity contribution in [3.05, 3.63) is 54.1 Å². The van der Waals surface area contributed by atoms with E-state index in [2.05, 4.69) is 25.8 Å². The number of likely N-dealkylation sites (tertiary alicyclic amines) is 1. The zero-order valence-electron chi connectivity index (χ0n) is 15.9. The highest BCUT2D eigenvalue weighted by Gasteiger charge is 2.50. The Morgan fingerprint density at radius 1 is 1.28 bits per heavy atom. The number of carbonyl (C=O) groups excluding carboxylic acids is 2. The molecule has 8 heteroatoms. The molecule has 3 heterocycles. The molecule has 148 valence electrons. The van der Waals surface area contributed by atoms with Crippen LogP contribution in [0, 0.1) is 5.41 Å². The Bertz CT molecular complexity index is 1100. The zero-order chi connectivity index (χ0) is 20.0. The molecular weight excluding hydrogens is 386 g/mol. The summed E-state index contributed by atoms with van der Waals surface area (Å²) in [6, 6.07) is 9.89. The van der Waals surface area contributed by atoms with Crippen LogP contribution >= 0.6 is 11.5 Å². The van der Waals surface area contributed by atoms with Crippen molar-refractivity contribution in [2.75, 3.05) is 18.4 Å². The number of hydrogen-bond acceptors (Lipinski definition) is 5. The van der Waals surface area contributed by atoms with Gasteiger partial charge in [0.15, 0.2) is 0 Å². The number of imidazole rings is 1. The lowest BCUT2D eigenvalue weighted by Gasteiger charge is -2.46. The molecule has 0 unspecified atom stereocenters. The predicted molar refractivity (Wildman–Crippen MR) is 112 cm³/mol. The van der Waals surface area contributed by atoms with Gasteiger partial charge in [0.05, 0.1) is 11.0 Å². The minimum atomic E-state index is -0.193. The van der Waals surface area contributed by atoms with E-state index in [0.717, 1.165) is 43.4 Å². The van der Waals surface area contributed by atoms with Crippen LogP contribution in [-0.2, 0) is 4.79 Å². The molecule has 2 aliphatic rings. The van der Waals surface area contributed by atoms with Gasteiger partial charge in [-0.1, -0.05) is 18.7 Å². The lowest BCUT2D eigenvalue weighted by atomic mass is 9.65. The van der Waals surface area contributed by atoms with E-state index in [9.17, 15) is 9.59 Å². The second-order valence-electron chi connectivity index (χ2n) is 7.90.